The van der Waals surface area contributed by atoms with Crippen molar-refractivity contribution in [2.75, 3.05) is 18.0 Å². The number of hydrogen-bond donors (Lipinski definition) is 2. The highest BCUT2D eigenvalue weighted by molar-refractivity contribution is 7.90. The minimum absolute atomic E-state index is 0.0492. The summed E-state index contributed by atoms with van der Waals surface area (Å²) in [5.41, 5.74) is 2.16. The monoisotopic (exact) mass is 549 g/mol. The van der Waals surface area contributed by atoms with Crippen LogP contribution in [-0.2, 0) is 27.7 Å². The van der Waals surface area contributed by atoms with Gasteiger partial charge < -0.3 is 19.5 Å². The molecule has 3 aromatic rings. The third-order valence-electron chi connectivity index (χ3n) is 7.53. The Morgan fingerprint density at radius 3 is 2.46 bits per heavy atom. The standard InChI is InChI=1S/C29H31N3O6S/c1-19-9-10-24(37-23-16-20-5-2-3-6-21(20)17-23)25(15-19)38-29(12-13-29)28(34)31-39(35,36)27-8-4-7-26(30-27)32-14-11-22(33)18-32/h2-10,15,22-23,33H,11-14,16-18H2,1H3,(H,31,34)/t22-/m0/s1. The Morgan fingerprint density at radius 1 is 1.05 bits per heavy atom. The Kier molecular flexibility index (Phi) is 6.47. The lowest BCUT2D eigenvalue weighted by Gasteiger charge is -2.22. The number of aliphatic hydroxyl groups excluding tert-OH is 1. The molecule has 1 amide bonds. The number of aromatic nitrogens is 1. The number of pyridine rings is 1. The van der Waals surface area contributed by atoms with Gasteiger partial charge in [0.05, 0.1) is 6.10 Å². The van der Waals surface area contributed by atoms with Crippen molar-refractivity contribution in [1.29, 1.82) is 0 Å². The number of hydrogen-bond acceptors (Lipinski definition) is 8. The molecule has 1 atom stereocenters. The van der Waals surface area contributed by atoms with Crippen molar-refractivity contribution in [3.05, 3.63) is 77.4 Å². The first kappa shape index (κ1) is 25.6. The highest BCUT2D eigenvalue weighted by Crippen LogP contribution is 2.44. The summed E-state index contributed by atoms with van der Waals surface area (Å²) in [5.74, 6) is 0.660. The van der Waals surface area contributed by atoms with E-state index in [1.165, 1.54) is 17.2 Å². The van der Waals surface area contributed by atoms with Crippen LogP contribution < -0.4 is 19.1 Å². The molecule has 1 aromatic heterocycles. The second-order valence-electron chi connectivity index (χ2n) is 10.6. The Hall–Kier alpha value is -3.63. The molecule has 0 bridgehead atoms. The molecule has 10 heteroatoms. The van der Waals surface area contributed by atoms with Gasteiger partial charge in [-0.05, 0) is 54.3 Å². The molecule has 204 valence electrons. The van der Waals surface area contributed by atoms with Crippen LogP contribution in [-0.4, -0.2) is 55.3 Å². The fourth-order valence-corrected chi connectivity index (χ4v) is 6.23. The Morgan fingerprint density at radius 2 is 1.79 bits per heavy atom. The van der Waals surface area contributed by atoms with E-state index in [1.807, 2.05) is 42.2 Å². The van der Waals surface area contributed by atoms with Crippen molar-refractivity contribution in [2.45, 2.75) is 61.9 Å². The van der Waals surface area contributed by atoms with E-state index in [1.54, 1.807) is 12.1 Å². The lowest BCUT2D eigenvalue weighted by molar-refractivity contribution is -0.128. The number of aryl methyl sites for hydroxylation is 1. The number of rotatable bonds is 8. The Bertz CT molecular complexity index is 1500. The van der Waals surface area contributed by atoms with E-state index in [4.69, 9.17) is 9.47 Å². The van der Waals surface area contributed by atoms with Crippen LogP contribution in [0.4, 0.5) is 5.82 Å². The number of carbonyl (C=O) groups is 1. The van der Waals surface area contributed by atoms with E-state index in [-0.39, 0.29) is 11.1 Å². The fraction of sp³-hybridized carbons (Fsp3) is 0.379. The van der Waals surface area contributed by atoms with E-state index in [2.05, 4.69) is 21.8 Å². The van der Waals surface area contributed by atoms with Crippen LogP contribution in [0.15, 0.2) is 65.7 Å². The maximum atomic E-state index is 13.3. The van der Waals surface area contributed by atoms with Gasteiger partial charge in [0.1, 0.15) is 11.9 Å². The van der Waals surface area contributed by atoms with Gasteiger partial charge in [-0.15, -0.1) is 0 Å². The van der Waals surface area contributed by atoms with Crippen LogP contribution in [0.25, 0.3) is 0 Å². The molecule has 2 heterocycles. The highest BCUT2D eigenvalue weighted by Gasteiger charge is 2.54. The van der Waals surface area contributed by atoms with Crippen molar-refractivity contribution in [1.82, 2.24) is 9.71 Å². The van der Waals surface area contributed by atoms with E-state index in [0.717, 1.165) is 18.4 Å². The van der Waals surface area contributed by atoms with Gasteiger partial charge in [0.25, 0.3) is 15.9 Å². The third-order valence-corrected chi connectivity index (χ3v) is 8.76. The van der Waals surface area contributed by atoms with Gasteiger partial charge in [-0.2, -0.15) is 8.42 Å². The van der Waals surface area contributed by atoms with Crippen molar-refractivity contribution in [2.24, 2.45) is 0 Å². The summed E-state index contributed by atoms with van der Waals surface area (Å²) in [7, 11) is -4.24. The summed E-state index contributed by atoms with van der Waals surface area (Å²) in [4.78, 5) is 19.3. The molecule has 2 aliphatic carbocycles. The van der Waals surface area contributed by atoms with E-state index in [0.29, 0.717) is 49.7 Å². The zero-order valence-corrected chi connectivity index (χ0v) is 22.5. The Labute approximate surface area is 227 Å². The highest BCUT2D eigenvalue weighted by atomic mass is 32.2. The van der Waals surface area contributed by atoms with Crippen molar-refractivity contribution in [3.8, 4) is 11.5 Å². The number of amides is 1. The average molecular weight is 550 g/mol. The van der Waals surface area contributed by atoms with E-state index in [9.17, 15) is 18.3 Å². The van der Waals surface area contributed by atoms with Gasteiger partial charge in [-0.25, -0.2) is 9.71 Å². The molecule has 2 fully saturated rings. The van der Waals surface area contributed by atoms with E-state index < -0.39 is 27.6 Å². The summed E-state index contributed by atoms with van der Waals surface area (Å²) in [5, 5.41) is 9.56. The van der Waals surface area contributed by atoms with Crippen molar-refractivity contribution in [3.63, 3.8) is 0 Å². The molecule has 1 aliphatic heterocycles. The number of aliphatic hydroxyl groups is 1. The van der Waals surface area contributed by atoms with Gasteiger partial charge in [-0.1, -0.05) is 36.4 Å². The molecule has 0 spiro atoms. The average Bonchev–Trinajstić information content (AvgIpc) is 3.37. The first-order valence-electron chi connectivity index (χ1n) is 13.2. The number of β-amino-alcohol motifs (C(OH)–C–C–N with tert-alkyl or cyclic N) is 1. The summed E-state index contributed by atoms with van der Waals surface area (Å²) in [6, 6.07) is 18.4. The first-order chi connectivity index (χ1) is 18.7. The molecule has 3 aliphatic rings. The van der Waals surface area contributed by atoms with Gasteiger partial charge in [0.15, 0.2) is 22.1 Å². The molecular formula is C29H31N3O6S. The van der Waals surface area contributed by atoms with Crippen LogP contribution in [0.3, 0.4) is 0 Å². The molecular weight excluding hydrogens is 518 g/mol. The van der Waals surface area contributed by atoms with Crippen LogP contribution in [0.5, 0.6) is 11.5 Å². The smallest absolute Gasteiger partial charge is 0.281 e. The quantitative estimate of drug-likeness (QED) is 0.441. The molecule has 2 N–H and O–H groups in total. The minimum Gasteiger partial charge on any atom is -0.486 e. The lowest BCUT2D eigenvalue weighted by atomic mass is 10.1. The number of benzene rings is 2. The summed E-state index contributed by atoms with van der Waals surface area (Å²) in [6.45, 7) is 2.88. The van der Waals surface area contributed by atoms with Crippen LogP contribution in [0.2, 0.25) is 0 Å². The van der Waals surface area contributed by atoms with E-state index >= 15 is 0 Å². The Balaban J connectivity index is 1.17. The number of sulfonamides is 1. The molecule has 2 aromatic carbocycles. The predicted molar refractivity (Wildman–Crippen MR) is 144 cm³/mol. The number of nitrogens with one attached hydrogen (secondary N) is 1. The minimum atomic E-state index is -4.24. The summed E-state index contributed by atoms with van der Waals surface area (Å²) in [6.07, 6.45) is 2.41. The van der Waals surface area contributed by atoms with Gasteiger partial charge in [-0.3, -0.25) is 4.79 Å². The number of ether oxygens (including phenoxy) is 2. The zero-order chi connectivity index (χ0) is 27.2. The lowest BCUT2D eigenvalue weighted by Crippen LogP contribution is -2.43. The van der Waals surface area contributed by atoms with Crippen LogP contribution in [0.1, 0.15) is 36.0 Å². The SMILES string of the molecule is Cc1ccc(OC2Cc3ccccc3C2)c(OC2(C(=O)NS(=O)(=O)c3cccc(N4CC[C@H](O)C4)n3)CC2)c1. The molecule has 0 radical (unpaired) electrons. The largest absolute Gasteiger partial charge is 0.486 e. The number of nitrogens with zero attached hydrogens (tertiary/aromatic N) is 2. The second-order valence-corrected chi connectivity index (χ2v) is 12.2. The van der Waals surface area contributed by atoms with Crippen LogP contribution >= 0.6 is 0 Å². The van der Waals surface area contributed by atoms with Crippen LogP contribution in [0, 0.1) is 6.92 Å². The second kappa shape index (κ2) is 9.84. The van der Waals surface area contributed by atoms with Crippen molar-refractivity contribution < 1.29 is 27.8 Å². The maximum absolute atomic E-state index is 13.3. The van der Waals surface area contributed by atoms with Gasteiger partial charge in [0, 0.05) is 38.8 Å². The maximum Gasteiger partial charge on any atom is 0.281 e. The molecule has 39 heavy (non-hydrogen) atoms. The predicted octanol–water partition coefficient (Wildman–Crippen LogP) is 2.92. The summed E-state index contributed by atoms with van der Waals surface area (Å²) < 4.78 is 41.0. The molecule has 1 saturated carbocycles. The van der Waals surface area contributed by atoms with Crippen molar-refractivity contribution >= 4 is 21.7 Å². The molecule has 6 rings (SSSR count). The normalized spacial score (nSPS) is 19.9. The number of carbonyl (C=O) groups excluding carboxylic acids is 1. The third kappa shape index (κ3) is 5.31. The summed E-state index contributed by atoms with van der Waals surface area (Å²) >= 11 is 0. The fourth-order valence-electron chi connectivity index (χ4n) is 5.22. The van der Waals surface area contributed by atoms with Gasteiger partial charge in [0.2, 0.25) is 0 Å². The molecule has 9 nitrogen and oxygen atoms in total. The zero-order valence-electron chi connectivity index (χ0n) is 21.7. The first-order valence-corrected chi connectivity index (χ1v) is 14.7. The molecule has 1 saturated heterocycles. The topological polar surface area (TPSA) is 118 Å². The van der Waals surface area contributed by atoms with Gasteiger partial charge >= 0.3 is 0 Å². The molecule has 0 unspecified atom stereocenters. The number of fused-ring (bicyclic) bond motifs is 1. The number of anilines is 1.